The van der Waals surface area contributed by atoms with Crippen LogP contribution in [0.1, 0.15) is 37.6 Å². The van der Waals surface area contributed by atoms with E-state index < -0.39 is 29.8 Å². The molecule has 0 aliphatic carbocycles. The fraction of sp³-hybridized carbons (Fsp3) is 0.480. The van der Waals surface area contributed by atoms with Crippen molar-refractivity contribution in [3.63, 3.8) is 0 Å². The van der Waals surface area contributed by atoms with Crippen LogP contribution in [0.5, 0.6) is 0 Å². The lowest BCUT2D eigenvalue weighted by Crippen LogP contribution is -2.58. The van der Waals surface area contributed by atoms with Gasteiger partial charge in [0, 0.05) is 25.1 Å². The van der Waals surface area contributed by atoms with E-state index in [0.717, 1.165) is 5.57 Å². The van der Waals surface area contributed by atoms with Crippen molar-refractivity contribution in [2.75, 3.05) is 19.7 Å². The highest BCUT2D eigenvalue weighted by Gasteiger charge is 2.65. The Bertz CT molecular complexity index is 958. The topological polar surface area (TPSA) is 76.2 Å². The van der Waals surface area contributed by atoms with Crippen LogP contribution in [0.4, 0.5) is 4.79 Å². The molecular weight excluding hydrogens is 408 g/mol. The first-order chi connectivity index (χ1) is 15.3. The smallest absolute Gasteiger partial charge is 0.410 e. The molecule has 2 fully saturated rings. The lowest BCUT2D eigenvalue weighted by molar-refractivity contribution is -0.134. The third-order valence-corrected chi connectivity index (χ3v) is 6.70. The van der Waals surface area contributed by atoms with Crippen LogP contribution in [0.2, 0.25) is 0 Å². The number of ether oxygens (including phenoxy) is 2. The van der Waals surface area contributed by atoms with Gasteiger partial charge in [0.2, 0.25) is 5.91 Å². The van der Waals surface area contributed by atoms with Gasteiger partial charge in [0.05, 0.1) is 24.1 Å². The molecule has 3 aliphatic heterocycles. The van der Waals surface area contributed by atoms with Crippen molar-refractivity contribution >= 4 is 17.8 Å². The highest BCUT2D eigenvalue weighted by Crippen LogP contribution is 2.49. The van der Waals surface area contributed by atoms with E-state index >= 15 is 0 Å². The number of rotatable bonds is 6. The Morgan fingerprint density at radius 2 is 2.03 bits per heavy atom. The SMILES string of the molecule is C=CCOC(=O)N1CC(C)=C[C@]2(C)O[C@H]3C(C(=O)N(CC)[C@@H]3CC(=O)c3ccccc3)[C@H]12. The summed E-state index contributed by atoms with van der Waals surface area (Å²) in [6.45, 7) is 10.3. The normalized spacial score (nSPS) is 31.1. The van der Waals surface area contributed by atoms with Gasteiger partial charge in [-0.3, -0.25) is 14.5 Å². The average molecular weight is 439 g/mol. The summed E-state index contributed by atoms with van der Waals surface area (Å²) >= 11 is 0. The molecule has 7 heteroatoms. The molecule has 2 saturated heterocycles. The van der Waals surface area contributed by atoms with Crippen LogP contribution in [0.3, 0.4) is 0 Å². The first-order valence-corrected chi connectivity index (χ1v) is 11.1. The number of carbonyl (C=O) groups excluding carboxylic acids is 3. The van der Waals surface area contributed by atoms with Crippen LogP contribution in [0.15, 0.2) is 54.6 Å². The molecule has 0 aromatic heterocycles. The summed E-state index contributed by atoms with van der Waals surface area (Å²) < 4.78 is 11.8. The van der Waals surface area contributed by atoms with Gasteiger partial charge < -0.3 is 14.4 Å². The molecule has 0 bridgehead atoms. The highest BCUT2D eigenvalue weighted by atomic mass is 16.6. The van der Waals surface area contributed by atoms with E-state index in [2.05, 4.69) is 6.58 Å². The first kappa shape index (κ1) is 22.3. The van der Waals surface area contributed by atoms with E-state index in [-0.39, 0.29) is 30.8 Å². The Labute approximate surface area is 188 Å². The van der Waals surface area contributed by atoms with E-state index in [9.17, 15) is 14.4 Å². The maximum Gasteiger partial charge on any atom is 0.410 e. The number of hydrogen-bond donors (Lipinski definition) is 0. The zero-order valence-electron chi connectivity index (χ0n) is 18.8. The number of ketones is 1. The predicted molar refractivity (Wildman–Crippen MR) is 119 cm³/mol. The number of fused-ring (bicyclic) bond motifs is 3. The summed E-state index contributed by atoms with van der Waals surface area (Å²) in [5.41, 5.74) is 0.761. The van der Waals surface area contributed by atoms with Gasteiger partial charge in [0.15, 0.2) is 5.78 Å². The molecule has 7 nitrogen and oxygen atoms in total. The van der Waals surface area contributed by atoms with Gasteiger partial charge in [-0.15, -0.1) is 0 Å². The second-order valence-corrected chi connectivity index (χ2v) is 8.91. The zero-order valence-corrected chi connectivity index (χ0v) is 18.8. The molecule has 32 heavy (non-hydrogen) atoms. The van der Waals surface area contributed by atoms with Crippen LogP contribution < -0.4 is 0 Å². The van der Waals surface area contributed by atoms with Gasteiger partial charge in [-0.05, 0) is 20.8 Å². The first-order valence-electron chi connectivity index (χ1n) is 11.1. The molecule has 0 spiro atoms. The van der Waals surface area contributed by atoms with E-state index in [0.29, 0.717) is 18.7 Å². The standard InChI is InChI=1S/C25H30N2O5/c1-5-12-31-24(30)27-15-16(3)14-25(4)22(27)20-21(32-25)18(26(6-2)23(20)29)13-19(28)17-10-8-7-9-11-17/h5,7-11,14,18,20-22H,1,6,12-13,15H2,2-4H3/t18-,20?,21-,22+,25+/m1/s1. The average Bonchev–Trinajstić information content (AvgIpc) is 3.21. The van der Waals surface area contributed by atoms with Gasteiger partial charge in [-0.25, -0.2) is 4.79 Å². The predicted octanol–water partition coefficient (Wildman–Crippen LogP) is 3.22. The Morgan fingerprint density at radius 3 is 2.69 bits per heavy atom. The number of Topliss-reactive ketones (excluding diaryl/α,β-unsaturated/α-hetero) is 1. The minimum atomic E-state index is -0.825. The number of benzene rings is 1. The summed E-state index contributed by atoms with van der Waals surface area (Å²) in [5, 5.41) is 0. The highest BCUT2D eigenvalue weighted by molar-refractivity contribution is 5.97. The van der Waals surface area contributed by atoms with E-state index in [1.807, 2.05) is 45.0 Å². The van der Waals surface area contributed by atoms with Crippen molar-refractivity contribution in [1.29, 1.82) is 0 Å². The van der Waals surface area contributed by atoms with Crippen LogP contribution >= 0.6 is 0 Å². The number of likely N-dealkylation sites (tertiary alicyclic amines) is 1. The molecule has 0 N–H and O–H groups in total. The fourth-order valence-electron chi connectivity index (χ4n) is 5.56. The van der Waals surface area contributed by atoms with Crippen molar-refractivity contribution < 1.29 is 23.9 Å². The molecule has 1 aromatic rings. The van der Waals surface area contributed by atoms with Gasteiger partial charge in [-0.1, -0.05) is 54.6 Å². The molecule has 170 valence electrons. The Hall–Kier alpha value is -2.93. The van der Waals surface area contributed by atoms with Crippen LogP contribution in [0, 0.1) is 5.92 Å². The minimum absolute atomic E-state index is 0.0277. The number of carbonyl (C=O) groups is 3. The summed E-state index contributed by atoms with van der Waals surface area (Å²) in [6, 6.07) is 8.22. The largest absolute Gasteiger partial charge is 0.445 e. The van der Waals surface area contributed by atoms with Gasteiger partial charge in [0.25, 0.3) is 0 Å². The van der Waals surface area contributed by atoms with E-state index in [4.69, 9.17) is 9.47 Å². The van der Waals surface area contributed by atoms with Crippen molar-refractivity contribution in [2.45, 2.75) is 51.0 Å². The molecule has 0 radical (unpaired) electrons. The van der Waals surface area contributed by atoms with Gasteiger partial charge in [0.1, 0.15) is 12.2 Å². The molecule has 3 aliphatic rings. The fourth-order valence-corrected chi connectivity index (χ4v) is 5.56. The molecule has 4 rings (SSSR count). The second-order valence-electron chi connectivity index (χ2n) is 8.91. The maximum atomic E-state index is 13.5. The van der Waals surface area contributed by atoms with Crippen LogP contribution in [-0.4, -0.2) is 71.1 Å². The van der Waals surface area contributed by atoms with Crippen molar-refractivity contribution in [2.24, 2.45) is 5.92 Å². The molecule has 0 saturated carbocycles. The second kappa shape index (κ2) is 8.54. The van der Waals surface area contributed by atoms with Crippen LogP contribution in [-0.2, 0) is 14.3 Å². The molecule has 1 aromatic carbocycles. The maximum absolute atomic E-state index is 13.5. The Morgan fingerprint density at radius 1 is 1.31 bits per heavy atom. The minimum Gasteiger partial charge on any atom is -0.445 e. The van der Waals surface area contributed by atoms with Crippen molar-refractivity contribution in [3.05, 3.63) is 60.2 Å². The molecular formula is C25H30N2O5. The number of hydrogen-bond acceptors (Lipinski definition) is 5. The summed E-state index contributed by atoms with van der Waals surface area (Å²) in [7, 11) is 0. The summed E-state index contributed by atoms with van der Waals surface area (Å²) in [4.78, 5) is 42.7. The molecule has 1 unspecified atom stereocenters. The quantitative estimate of drug-likeness (QED) is 0.504. The monoisotopic (exact) mass is 438 g/mol. The lowest BCUT2D eigenvalue weighted by atomic mass is 9.81. The van der Waals surface area contributed by atoms with Gasteiger partial charge in [-0.2, -0.15) is 0 Å². The van der Waals surface area contributed by atoms with Crippen molar-refractivity contribution in [1.82, 2.24) is 9.80 Å². The van der Waals surface area contributed by atoms with Gasteiger partial charge >= 0.3 is 6.09 Å². The van der Waals surface area contributed by atoms with Crippen molar-refractivity contribution in [3.8, 4) is 0 Å². The Kier molecular flexibility index (Phi) is 5.95. The summed E-state index contributed by atoms with van der Waals surface area (Å²) in [6.07, 6.45) is 2.73. The number of amides is 2. The number of nitrogens with zero attached hydrogens (tertiary/aromatic N) is 2. The summed E-state index contributed by atoms with van der Waals surface area (Å²) in [5.74, 6) is -0.652. The molecule has 3 heterocycles. The molecule has 5 atom stereocenters. The third-order valence-electron chi connectivity index (χ3n) is 6.70. The third kappa shape index (κ3) is 3.64. The lowest BCUT2D eigenvalue weighted by Gasteiger charge is -2.42. The molecule has 2 amide bonds. The Balaban J connectivity index is 1.66. The van der Waals surface area contributed by atoms with Crippen LogP contribution in [0.25, 0.3) is 0 Å². The van der Waals surface area contributed by atoms with E-state index in [1.165, 1.54) is 6.08 Å². The van der Waals surface area contributed by atoms with E-state index in [1.54, 1.807) is 21.9 Å². The zero-order chi connectivity index (χ0) is 23.0. The number of likely N-dealkylation sites (N-methyl/N-ethyl adjacent to an activating group) is 1.